The summed E-state index contributed by atoms with van der Waals surface area (Å²) in [6.07, 6.45) is 3.38. The molecular weight excluding hydrogens is 276 g/mol. The quantitative estimate of drug-likeness (QED) is 0.538. The maximum Gasteiger partial charge on any atom is 0.170 e. The lowest BCUT2D eigenvalue weighted by Gasteiger charge is -2.02. The lowest BCUT2D eigenvalue weighted by Crippen LogP contribution is -1.98. The van der Waals surface area contributed by atoms with E-state index in [9.17, 15) is 0 Å². The van der Waals surface area contributed by atoms with Gasteiger partial charge in [-0.15, -0.1) is 0 Å². The second kappa shape index (κ2) is 4.01. The normalized spacial score (nSPS) is 11.5. The number of hydrogen-bond acceptors (Lipinski definition) is 4. The summed E-state index contributed by atoms with van der Waals surface area (Å²) < 4.78 is 3.40. The van der Waals surface area contributed by atoms with Crippen LogP contribution in [-0.4, -0.2) is 29.4 Å². The van der Waals surface area contributed by atoms with E-state index in [0.29, 0.717) is 10.8 Å². The van der Waals surface area contributed by atoms with Gasteiger partial charge in [0.15, 0.2) is 11.3 Å². The third kappa shape index (κ3) is 1.58. The van der Waals surface area contributed by atoms with Crippen molar-refractivity contribution in [2.75, 3.05) is 0 Å². The molecule has 20 heavy (non-hydrogen) atoms. The molecule has 0 spiro atoms. The summed E-state index contributed by atoms with van der Waals surface area (Å²) in [5.41, 5.74) is 2.34. The summed E-state index contributed by atoms with van der Waals surface area (Å²) in [6, 6.07) is 7.48. The molecule has 3 heterocycles. The van der Waals surface area contributed by atoms with Gasteiger partial charge in [-0.05, 0) is 25.1 Å². The Kier molecular flexibility index (Phi) is 2.28. The number of benzene rings is 1. The summed E-state index contributed by atoms with van der Waals surface area (Å²) >= 11 is 6.02. The molecule has 0 aliphatic heterocycles. The van der Waals surface area contributed by atoms with E-state index in [1.54, 1.807) is 21.7 Å². The van der Waals surface area contributed by atoms with Gasteiger partial charge in [-0.1, -0.05) is 17.7 Å². The van der Waals surface area contributed by atoms with Gasteiger partial charge in [0.05, 0.1) is 17.3 Å². The molecule has 0 unspecified atom stereocenters. The van der Waals surface area contributed by atoms with Crippen LogP contribution in [0.4, 0.5) is 0 Å². The first-order chi connectivity index (χ1) is 9.72. The van der Waals surface area contributed by atoms with Crippen LogP contribution in [0.2, 0.25) is 5.02 Å². The highest BCUT2D eigenvalue weighted by Gasteiger charge is 2.12. The molecule has 0 N–H and O–H groups in total. The number of halogens is 1. The van der Waals surface area contributed by atoms with Crippen LogP contribution in [0.1, 0.15) is 5.82 Å². The van der Waals surface area contributed by atoms with Gasteiger partial charge in [0.1, 0.15) is 12.2 Å². The highest BCUT2D eigenvalue weighted by atomic mass is 35.5. The third-order valence-electron chi connectivity index (χ3n) is 3.06. The molecular formula is C13H9ClN6. The molecule has 0 radical (unpaired) electrons. The Balaban J connectivity index is 2.04. The van der Waals surface area contributed by atoms with E-state index >= 15 is 0 Å². The fourth-order valence-corrected chi connectivity index (χ4v) is 2.41. The summed E-state index contributed by atoms with van der Waals surface area (Å²) in [7, 11) is 0. The van der Waals surface area contributed by atoms with Crippen LogP contribution in [0, 0.1) is 6.92 Å². The van der Waals surface area contributed by atoms with E-state index in [2.05, 4.69) is 20.2 Å². The first kappa shape index (κ1) is 11.4. The minimum atomic E-state index is 0.658. The van der Waals surface area contributed by atoms with Crippen molar-refractivity contribution in [3.05, 3.63) is 47.6 Å². The minimum absolute atomic E-state index is 0.658. The Bertz CT molecular complexity index is 938. The monoisotopic (exact) mass is 284 g/mol. The Morgan fingerprint density at radius 1 is 1.20 bits per heavy atom. The van der Waals surface area contributed by atoms with Crippen molar-refractivity contribution in [1.82, 2.24) is 29.4 Å². The first-order valence-electron chi connectivity index (χ1n) is 6.04. The Morgan fingerprint density at radius 3 is 2.95 bits per heavy atom. The number of hydrogen-bond donors (Lipinski definition) is 0. The summed E-state index contributed by atoms with van der Waals surface area (Å²) in [4.78, 5) is 8.80. The second-order valence-electron chi connectivity index (χ2n) is 4.45. The van der Waals surface area contributed by atoms with Crippen molar-refractivity contribution in [1.29, 1.82) is 0 Å². The molecule has 7 heteroatoms. The molecule has 0 saturated heterocycles. The van der Waals surface area contributed by atoms with Crippen molar-refractivity contribution in [2.24, 2.45) is 0 Å². The smallest absolute Gasteiger partial charge is 0.170 e. The van der Waals surface area contributed by atoms with Crippen molar-refractivity contribution in [3.8, 4) is 5.69 Å². The third-order valence-corrected chi connectivity index (χ3v) is 3.30. The number of aromatic nitrogens is 6. The van der Waals surface area contributed by atoms with Crippen LogP contribution in [-0.2, 0) is 0 Å². The molecule has 0 amide bonds. The van der Waals surface area contributed by atoms with Crippen LogP contribution in [0.15, 0.2) is 36.8 Å². The molecule has 0 saturated carbocycles. The Hall–Kier alpha value is -2.47. The molecule has 3 aromatic heterocycles. The average molecular weight is 285 g/mol. The minimum Gasteiger partial charge on any atom is -0.216 e. The van der Waals surface area contributed by atoms with Gasteiger partial charge in [0, 0.05) is 5.02 Å². The van der Waals surface area contributed by atoms with Crippen LogP contribution >= 0.6 is 11.6 Å². The van der Waals surface area contributed by atoms with Crippen LogP contribution in [0.3, 0.4) is 0 Å². The SMILES string of the molecule is Cc1nc2c3cnn(-c4cccc(Cl)c4)c3ncn2n1. The zero-order valence-corrected chi connectivity index (χ0v) is 11.3. The van der Waals surface area contributed by atoms with Crippen molar-refractivity contribution in [3.63, 3.8) is 0 Å². The first-order valence-corrected chi connectivity index (χ1v) is 6.42. The van der Waals surface area contributed by atoms with E-state index in [-0.39, 0.29) is 0 Å². The topological polar surface area (TPSA) is 60.9 Å². The Labute approximate surface area is 118 Å². The van der Waals surface area contributed by atoms with Gasteiger partial charge in [-0.3, -0.25) is 0 Å². The maximum atomic E-state index is 6.02. The maximum absolute atomic E-state index is 6.02. The highest BCUT2D eigenvalue weighted by molar-refractivity contribution is 6.30. The number of fused-ring (bicyclic) bond motifs is 3. The van der Waals surface area contributed by atoms with Gasteiger partial charge in [-0.25, -0.2) is 19.2 Å². The average Bonchev–Trinajstić information content (AvgIpc) is 3.00. The predicted molar refractivity (Wildman–Crippen MR) is 75.2 cm³/mol. The van der Waals surface area contributed by atoms with E-state index < -0.39 is 0 Å². The predicted octanol–water partition coefficient (Wildman–Crippen LogP) is 2.43. The molecule has 6 nitrogen and oxygen atoms in total. The molecule has 4 rings (SSSR count). The number of nitrogens with zero attached hydrogens (tertiary/aromatic N) is 6. The van der Waals surface area contributed by atoms with Gasteiger partial charge in [0.2, 0.25) is 0 Å². The van der Waals surface area contributed by atoms with Gasteiger partial charge in [0.25, 0.3) is 0 Å². The van der Waals surface area contributed by atoms with Crippen LogP contribution < -0.4 is 0 Å². The van der Waals surface area contributed by atoms with Crippen molar-refractivity contribution >= 4 is 28.3 Å². The molecule has 0 atom stereocenters. The molecule has 4 aromatic rings. The zero-order valence-electron chi connectivity index (χ0n) is 10.5. The molecule has 0 aliphatic carbocycles. The lowest BCUT2D eigenvalue weighted by molar-refractivity contribution is 0.876. The summed E-state index contributed by atoms with van der Waals surface area (Å²) in [5, 5.41) is 10.1. The van der Waals surface area contributed by atoms with Crippen LogP contribution in [0.25, 0.3) is 22.4 Å². The standard InChI is InChI=1S/C13H9ClN6/c1-8-17-13-11-6-16-20(10-4-2-3-9(14)5-10)12(11)15-7-19(13)18-8/h2-7H,1H3. The fraction of sp³-hybridized carbons (Fsp3) is 0.0769. The van der Waals surface area contributed by atoms with E-state index in [1.165, 1.54) is 0 Å². The van der Waals surface area contributed by atoms with E-state index in [0.717, 1.165) is 22.4 Å². The van der Waals surface area contributed by atoms with Gasteiger partial charge >= 0.3 is 0 Å². The highest BCUT2D eigenvalue weighted by Crippen LogP contribution is 2.21. The number of rotatable bonds is 1. The summed E-state index contributed by atoms with van der Waals surface area (Å²) in [5.74, 6) is 0.704. The zero-order chi connectivity index (χ0) is 13.7. The fourth-order valence-electron chi connectivity index (χ4n) is 2.22. The van der Waals surface area contributed by atoms with E-state index in [4.69, 9.17) is 11.6 Å². The van der Waals surface area contributed by atoms with Gasteiger partial charge < -0.3 is 0 Å². The van der Waals surface area contributed by atoms with Crippen molar-refractivity contribution in [2.45, 2.75) is 6.92 Å². The molecule has 0 bridgehead atoms. The number of aryl methyl sites for hydroxylation is 1. The lowest BCUT2D eigenvalue weighted by atomic mass is 10.3. The van der Waals surface area contributed by atoms with Crippen molar-refractivity contribution < 1.29 is 0 Å². The Morgan fingerprint density at radius 2 is 2.10 bits per heavy atom. The molecule has 98 valence electrons. The molecule has 1 aromatic carbocycles. The molecule has 0 aliphatic rings. The van der Waals surface area contributed by atoms with Gasteiger partial charge in [-0.2, -0.15) is 10.2 Å². The summed E-state index contributed by atoms with van der Waals surface area (Å²) in [6.45, 7) is 1.85. The van der Waals surface area contributed by atoms with Crippen LogP contribution in [0.5, 0.6) is 0 Å². The largest absolute Gasteiger partial charge is 0.216 e. The molecule has 0 fully saturated rings. The second-order valence-corrected chi connectivity index (χ2v) is 4.88. The van der Waals surface area contributed by atoms with E-state index in [1.807, 2.05) is 31.2 Å².